The molecular weight excluding hydrogens is 1490 g/mol. The summed E-state index contributed by atoms with van der Waals surface area (Å²) in [4.78, 5) is 18.4. The Hall–Kier alpha value is -16.3. The van der Waals surface area contributed by atoms with Crippen LogP contribution in [0.2, 0.25) is 0 Å². The average Bonchev–Trinajstić information content (AvgIpc) is 1.74. The normalized spacial score (nSPS) is 11.1. The van der Waals surface area contributed by atoms with Gasteiger partial charge in [-0.25, -0.2) is 19.9 Å². The maximum atomic E-state index is 5.34. The number of benzene rings is 13. The van der Waals surface area contributed by atoms with Crippen molar-refractivity contribution in [3.63, 3.8) is 0 Å². The van der Waals surface area contributed by atoms with Gasteiger partial charge in [0.05, 0.1) is 93.9 Å². The number of aromatic nitrogens is 16. The van der Waals surface area contributed by atoms with Gasteiger partial charge in [0.2, 0.25) is 5.88 Å². The van der Waals surface area contributed by atoms with E-state index in [1.165, 1.54) is 11.1 Å². The van der Waals surface area contributed by atoms with E-state index in [1.54, 1.807) is 21.3 Å². The Labute approximate surface area is 689 Å². The first-order chi connectivity index (χ1) is 59.0. The van der Waals surface area contributed by atoms with Gasteiger partial charge in [-0.1, -0.05) is 164 Å². The smallest absolute Gasteiger partial charge is 0.241 e. The molecular formula is C97H78N20O3. The highest BCUT2D eigenvalue weighted by molar-refractivity contribution is 5.99. The number of hydrogen-bond acceptors (Lipinski definition) is 19. The molecule has 584 valence electrons. The van der Waals surface area contributed by atoms with E-state index in [2.05, 4.69) is 230 Å². The first-order valence-corrected chi connectivity index (χ1v) is 38.9. The number of nitrogens with one attached hydrogen (secondary N) is 4. The van der Waals surface area contributed by atoms with E-state index in [4.69, 9.17) is 14.2 Å². The second kappa shape index (κ2) is 33.6. The van der Waals surface area contributed by atoms with Crippen LogP contribution in [0.25, 0.3) is 110 Å². The van der Waals surface area contributed by atoms with Crippen LogP contribution in [-0.4, -0.2) is 100 Å². The predicted octanol–water partition coefficient (Wildman–Crippen LogP) is 21.4. The molecule has 0 fully saturated rings. The van der Waals surface area contributed by atoms with Gasteiger partial charge in [-0.15, -0.1) is 25.5 Å². The van der Waals surface area contributed by atoms with E-state index in [0.29, 0.717) is 11.7 Å². The number of imidazole rings is 4. The van der Waals surface area contributed by atoms with E-state index >= 15 is 0 Å². The van der Waals surface area contributed by atoms with Crippen LogP contribution < -0.4 is 35.5 Å². The number of anilines is 8. The van der Waals surface area contributed by atoms with E-state index in [9.17, 15) is 0 Å². The number of nitrogens with zero attached hydrogens (tertiary/aromatic N) is 16. The number of aryl methyl sites for hydroxylation is 3. The summed E-state index contributed by atoms with van der Waals surface area (Å²) in [6.45, 7) is 6.06. The molecule has 0 aliphatic heterocycles. The van der Waals surface area contributed by atoms with Gasteiger partial charge in [0.1, 0.15) is 36.8 Å². The minimum Gasteiger partial charge on any atom is -0.497 e. The highest BCUT2D eigenvalue weighted by Crippen LogP contribution is 2.36. The van der Waals surface area contributed by atoms with Crippen molar-refractivity contribution in [3.05, 3.63) is 357 Å². The zero-order chi connectivity index (χ0) is 81.4. The highest BCUT2D eigenvalue weighted by Gasteiger charge is 2.18. The molecule has 0 spiro atoms. The third kappa shape index (κ3) is 15.7. The zero-order valence-corrected chi connectivity index (χ0v) is 66.3. The van der Waals surface area contributed by atoms with Crippen molar-refractivity contribution in [2.75, 3.05) is 42.6 Å². The Balaban J connectivity index is 0.000000110. The third-order valence-corrected chi connectivity index (χ3v) is 20.9. The van der Waals surface area contributed by atoms with Gasteiger partial charge in [-0.2, -0.15) is 15.3 Å². The van der Waals surface area contributed by atoms with Gasteiger partial charge in [0.15, 0.2) is 23.3 Å². The predicted molar refractivity (Wildman–Crippen MR) is 479 cm³/mol. The van der Waals surface area contributed by atoms with Crippen LogP contribution in [0.3, 0.4) is 0 Å². The maximum Gasteiger partial charge on any atom is 0.241 e. The molecule has 120 heavy (non-hydrogen) atoms. The van der Waals surface area contributed by atoms with E-state index in [1.807, 2.05) is 220 Å². The molecule has 0 atom stereocenters. The molecule has 23 heteroatoms. The van der Waals surface area contributed by atoms with Crippen LogP contribution in [0.5, 0.6) is 17.4 Å². The second-order valence-corrected chi connectivity index (χ2v) is 28.5. The molecule has 0 radical (unpaired) electrons. The van der Waals surface area contributed by atoms with Crippen LogP contribution in [0.15, 0.2) is 329 Å². The topological polar surface area (TPSA) is 250 Å². The molecule has 0 amide bonds. The summed E-state index contributed by atoms with van der Waals surface area (Å²) in [5.74, 6) is 5.03. The van der Waals surface area contributed by atoms with E-state index < -0.39 is 0 Å². The van der Waals surface area contributed by atoms with Crippen molar-refractivity contribution in [1.82, 2.24) is 79.0 Å². The standard InChI is InChI=1S/C29H23N5.C23H19N5O2.C23H19N5O.C22H17N5/c1-20-9-5-8-14-27(20)34-19-30-26-18-22(15-16-28(26)34)31-29-24-13-7-6-12-23(24)25(32-33-29)17-21-10-3-2-4-11-21;1-29-17-7-5-6-16(13-17)28-14-24-20-12-15(10-11-21(20)28)25-22-18-8-3-4-9-19(18)23(30-2)27-26-22;1-15-19-5-3-4-6-20(19)23(27-26-15)25-16-7-12-22-21(13-16)24-14-28(22)17-8-10-18(29-2)11-9-17;1-15-18-9-5-6-10-19(18)22(26-25-15)24-16-11-12-21-20(13-16)23-14-27(21)17-7-3-2-4-8-17/h2-16,18-19H,17H2,1H3,(H,31,33);3-14H,1-2H3,(H,25,26);3-14H,1-2H3,(H,25,27);2-14H,1H3,(H,24,26). The number of rotatable bonds is 17. The summed E-state index contributed by atoms with van der Waals surface area (Å²) in [6, 6.07) is 102. The van der Waals surface area contributed by atoms with Gasteiger partial charge in [-0.3, -0.25) is 18.3 Å². The Kier molecular flexibility index (Phi) is 21.0. The van der Waals surface area contributed by atoms with Gasteiger partial charge >= 0.3 is 0 Å². The molecule has 8 heterocycles. The summed E-state index contributed by atoms with van der Waals surface area (Å²) in [6.07, 6.45) is 8.12. The lowest BCUT2D eigenvalue weighted by atomic mass is 10.0. The van der Waals surface area contributed by atoms with Crippen molar-refractivity contribution in [3.8, 4) is 40.1 Å². The summed E-state index contributed by atoms with van der Waals surface area (Å²) in [7, 11) is 4.92. The number of hydrogen-bond donors (Lipinski definition) is 4. The fourth-order valence-electron chi connectivity index (χ4n) is 14.8. The lowest BCUT2D eigenvalue weighted by molar-refractivity contribution is 0.398. The van der Waals surface area contributed by atoms with Crippen molar-refractivity contribution < 1.29 is 14.2 Å². The van der Waals surface area contributed by atoms with Crippen LogP contribution in [-0.2, 0) is 6.42 Å². The van der Waals surface area contributed by atoms with Crippen LogP contribution in [0, 0.1) is 20.8 Å². The van der Waals surface area contributed by atoms with Crippen molar-refractivity contribution >= 4 is 133 Å². The van der Waals surface area contributed by atoms with Gasteiger partial charge in [0, 0.05) is 89.7 Å². The average molecular weight is 1570 g/mol. The first-order valence-electron chi connectivity index (χ1n) is 38.9. The Morgan fingerprint density at radius 3 is 1.13 bits per heavy atom. The summed E-state index contributed by atoms with van der Waals surface area (Å²) < 4.78 is 24.2. The molecule has 21 aromatic rings. The van der Waals surface area contributed by atoms with Crippen molar-refractivity contribution in [2.24, 2.45) is 0 Å². The second-order valence-electron chi connectivity index (χ2n) is 28.5. The minimum absolute atomic E-state index is 0.503. The van der Waals surface area contributed by atoms with E-state index in [-0.39, 0.29) is 0 Å². The quantitative estimate of drug-likeness (QED) is 0.0661. The van der Waals surface area contributed by atoms with Crippen LogP contribution in [0.1, 0.15) is 28.2 Å². The van der Waals surface area contributed by atoms with Gasteiger partial charge < -0.3 is 35.5 Å². The lowest BCUT2D eigenvalue weighted by Gasteiger charge is -2.12. The first kappa shape index (κ1) is 75.1. The molecule has 8 aromatic heterocycles. The number of methoxy groups -OCH3 is 3. The van der Waals surface area contributed by atoms with Gasteiger partial charge in [0.25, 0.3) is 0 Å². The highest BCUT2D eigenvalue weighted by atomic mass is 16.5. The molecule has 4 N–H and O–H groups in total. The SMILES string of the molecule is COc1ccc(-n2cnc3cc(Nc4nnc(C)c5ccccc45)ccc32)cc1.COc1cccc(-n2cnc3cc(Nc4nnc(OC)c5ccccc45)ccc32)c1.Cc1ccccc1-n1cnc2cc(Nc3nnc(Cc4ccccc4)c4ccccc34)ccc21.Cc1nnc(Nc2ccc3c(c2)ncn3-c2ccccc2)c2ccccc12. The lowest BCUT2D eigenvalue weighted by Crippen LogP contribution is -2.02. The summed E-state index contributed by atoms with van der Waals surface area (Å²) >= 11 is 0. The molecule has 0 saturated heterocycles. The van der Waals surface area contributed by atoms with Gasteiger partial charge in [-0.05, 0) is 165 Å². The van der Waals surface area contributed by atoms with Crippen molar-refractivity contribution in [2.45, 2.75) is 27.2 Å². The third-order valence-electron chi connectivity index (χ3n) is 20.9. The molecule has 21 rings (SSSR count). The molecule has 0 bridgehead atoms. The number of fused-ring (bicyclic) bond motifs is 8. The number of ether oxygens (including phenoxy) is 3. The minimum atomic E-state index is 0.503. The molecule has 0 unspecified atom stereocenters. The van der Waals surface area contributed by atoms with Crippen LogP contribution in [0.4, 0.5) is 46.0 Å². The van der Waals surface area contributed by atoms with Crippen molar-refractivity contribution in [1.29, 1.82) is 0 Å². The number of para-hydroxylation sites is 2. The fraction of sp³-hybridized carbons (Fsp3) is 0.0722. The Morgan fingerprint density at radius 1 is 0.275 bits per heavy atom. The van der Waals surface area contributed by atoms with E-state index in [0.717, 1.165) is 185 Å². The summed E-state index contributed by atoms with van der Waals surface area (Å²) in [5.41, 5.74) is 20.9. The van der Waals surface area contributed by atoms with Crippen LogP contribution >= 0.6 is 0 Å². The molecule has 13 aromatic carbocycles. The Morgan fingerprint density at radius 2 is 0.650 bits per heavy atom. The maximum absolute atomic E-state index is 5.34. The largest absolute Gasteiger partial charge is 0.497 e. The molecule has 0 aliphatic carbocycles. The zero-order valence-electron chi connectivity index (χ0n) is 66.3. The monoisotopic (exact) mass is 1570 g/mol. The fourth-order valence-corrected chi connectivity index (χ4v) is 14.8. The Bertz CT molecular complexity index is 7300. The molecule has 0 saturated carbocycles. The molecule has 23 nitrogen and oxygen atoms in total. The summed E-state index contributed by atoms with van der Waals surface area (Å²) in [5, 5.41) is 56.8. The molecule has 0 aliphatic rings.